The van der Waals surface area contributed by atoms with E-state index in [-0.39, 0.29) is 5.57 Å². The summed E-state index contributed by atoms with van der Waals surface area (Å²) in [4.78, 5) is 38.3. The number of thiazole rings is 2. The third kappa shape index (κ3) is 4.08. The molecule has 4 aromatic rings. The number of aromatic nitrogens is 2. The molecule has 184 valence electrons. The monoisotopic (exact) mass is 519 g/mol. The maximum Gasteiger partial charge on any atom is 0.296 e. The Morgan fingerprint density at radius 2 is 1.89 bits per heavy atom. The smallest absolute Gasteiger partial charge is 0.296 e. The van der Waals surface area contributed by atoms with Crippen molar-refractivity contribution >= 4 is 49.7 Å². The molecule has 5 rings (SSSR count). The van der Waals surface area contributed by atoms with Crippen LogP contribution in [0.4, 0.5) is 5.13 Å². The Hall–Kier alpha value is -3.56. The number of Topliss-reactive ketones (excluding diaryl/α,β-unsaturated/α-hetero) is 1. The van der Waals surface area contributed by atoms with Gasteiger partial charge in [-0.15, -0.1) is 11.3 Å². The molecule has 1 N–H and O–H groups in total. The van der Waals surface area contributed by atoms with Gasteiger partial charge in [-0.1, -0.05) is 42.5 Å². The second kappa shape index (κ2) is 9.48. The average molecular weight is 520 g/mol. The van der Waals surface area contributed by atoms with E-state index in [4.69, 9.17) is 9.72 Å². The van der Waals surface area contributed by atoms with Crippen LogP contribution in [-0.2, 0) is 4.79 Å². The zero-order valence-electron chi connectivity index (χ0n) is 20.4. The van der Waals surface area contributed by atoms with Gasteiger partial charge in [0, 0.05) is 5.56 Å². The van der Waals surface area contributed by atoms with Crippen LogP contribution in [0.25, 0.3) is 10.2 Å². The van der Waals surface area contributed by atoms with Gasteiger partial charge in [0.05, 0.1) is 38.0 Å². The van der Waals surface area contributed by atoms with Gasteiger partial charge >= 0.3 is 0 Å². The standard InChI is InChI=1S/C27H25N3O4S2/c1-5-12-34-19-9-7-6-8-17(19)22-21(23(31)25-15(3)28-16(4)35-25)24(32)26(33)30(22)27-29-18-11-10-14(2)13-20(18)36-27/h6-11,13,22,32H,5,12H2,1-4H3. The Bertz CT molecular complexity index is 1540. The second-order valence-electron chi connectivity index (χ2n) is 8.67. The maximum absolute atomic E-state index is 13.9. The Morgan fingerprint density at radius 3 is 2.61 bits per heavy atom. The van der Waals surface area contributed by atoms with Gasteiger partial charge in [0.15, 0.2) is 10.9 Å². The number of anilines is 1. The van der Waals surface area contributed by atoms with Gasteiger partial charge in [0.1, 0.15) is 11.8 Å². The summed E-state index contributed by atoms with van der Waals surface area (Å²) in [6, 6.07) is 12.3. The highest BCUT2D eigenvalue weighted by Gasteiger charge is 2.47. The number of aryl methyl sites for hydroxylation is 3. The number of aliphatic hydroxyl groups excluding tert-OH is 1. The second-order valence-corrected chi connectivity index (χ2v) is 10.9. The zero-order valence-corrected chi connectivity index (χ0v) is 22.0. The van der Waals surface area contributed by atoms with E-state index in [2.05, 4.69) is 4.98 Å². The van der Waals surface area contributed by atoms with E-state index in [0.29, 0.717) is 33.6 Å². The molecule has 3 heterocycles. The van der Waals surface area contributed by atoms with Crippen molar-refractivity contribution < 1.29 is 19.4 Å². The summed E-state index contributed by atoms with van der Waals surface area (Å²) in [5.41, 5.74) is 3.01. The minimum absolute atomic E-state index is 0.00901. The fourth-order valence-corrected chi connectivity index (χ4v) is 6.33. The van der Waals surface area contributed by atoms with Crippen LogP contribution in [0.2, 0.25) is 0 Å². The van der Waals surface area contributed by atoms with Crippen molar-refractivity contribution in [2.75, 3.05) is 11.5 Å². The highest BCUT2D eigenvalue weighted by molar-refractivity contribution is 7.22. The van der Waals surface area contributed by atoms with Crippen molar-refractivity contribution in [2.24, 2.45) is 0 Å². The molecule has 0 spiro atoms. The van der Waals surface area contributed by atoms with Crippen LogP contribution < -0.4 is 9.64 Å². The van der Waals surface area contributed by atoms with Crippen molar-refractivity contribution in [2.45, 2.75) is 40.2 Å². The molecule has 1 atom stereocenters. The predicted octanol–water partition coefficient (Wildman–Crippen LogP) is 6.25. The third-order valence-electron chi connectivity index (χ3n) is 5.98. The van der Waals surface area contributed by atoms with Gasteiger partial charge < -0.3 is 9.84 Å². The van der Waals surface area contributed by atoms with E-state index in [1.54, 1.807) is 6.92 Å². The SMILES string of the molecule is CCCOc1ccccc1C1C(C(=O)c2sc(C)nc2C)=C(O)C(=O)N1c1nc2ccc(C)cc2s1. The Kier molecular flexibility index (Phi) is 6.36. The minimum Gasteiger partial charge on any atom is -0.503 e. The van der Waals surface area contributed by atoms with Crippen LogP contribution in [0, 0.1) is 20.8 Å². The first kappa shape index (κ1) is 24.1. The van der Waals surface area contributed by atoms with Crippen LogP contribution in [-0.4, -0.2) is 33.4 Å². The van der Waals surface area contributed by atoms with E-state index in [0.717, 1.165) is 27.2 Å². The molecule has 9 heteroatoms. The number of rotatable bonds is 7. The molecule has 0 fully saturated rings. The summed E-state index contributed by atoms with van der Waals surface area (Å²) >= 11 is 2.60. The largest absolute Gasteiger partial charge is 0.503 e. The molecule has 0 aliphatic carbocycles. The molecule has 2 aromatic carbocycles. The molecular formula is C27H25N3O4S2. The molecule has 1 unspecified atom stereocenters. The lowest BCUT2D eigenvalue weighted by atomic mass is 9.94. The first-order chi connectivity index (χ1) is 17.3. The van der Waals surface area contributed by atoms with Crippen molar-refractivity contribution in [1.82, 2.24) is 9.97 Å². The first-order valence-corrected chi connectivity index (χ1v) is 13.3. The molecule has 0 saturated heterocycles. The minimum atomic E-state index is -0.901. The molecule has 2 aromatic heterocycles. The van der Waals surface area contributed by atoms with Crippen LogP contribution in [0.3, 0.4) is 0 Å². The Morgan fingerprint density at radius 1 is 1.11 bits per heavy atom. The highest BCUT2D eigenvalue weighted by Crippen LogP contribution is 2.47. The number of ketones is 1. The third-order valence-corrected chi connectivity index (χ3v) is 8.07. The van der Waals surface area contributed by atoms with E-state index in [1.165, 1.54) is 27.6 Å². The molecule has 0 radical (unpaired) electrons. The molecule has 36 heavy (non-hydrogen) atoms. The fourth-order valence-electron chi connectivity index (χ4n) is 4.37. The lowest BCUT2D eigenvalue weighted by Gasteiger charge is -2.26. The van der Waals surface area contributed by atoms with Crippen LogP contribution in [0.1, 0.15) is 50.9 Å². The van der Waals surface area contributed by atoms with E-state index >= 15 is 0 Å². The average Bonchev–Trinajstić information content (AvgIpc) is 3.50. The van der Waals surface area contributed by atoms with E-state index in [1.807, 2.05) is 63.2 Å². The number of hydrogen-bond donors (Lipinski definition) is 1. The number of benzene rings is 2. The van der Waals surface area contributed by atoms with Gasteiger partial charge in [0.2, 0.25) is 5.78 Å². The van der Waals surface area contributed by atoms with Gasteiger partial charge in [-0.05, 0) is 51.0 Å². The van der Waals surface area contributed by atoms with Gasteiger partial charge in [-0.25, -0.2) is 9.97 Å². The fraction of sp³-hybridized carbons (Fsp3) is 0.259. The highest BCUT2D eigenvalue weighted by atomic mass is 32.1. The quantitative estimate of drug-likeness (QED) is 0.290. The summed E-state index contributed by atoms with van der Waals surface area (Å²) in [5.74, 6) is -1.10. The van der Waals surface area contributed by atoms with Crippen LogP contribution >= 0.6 is 22.7 Å². The van der Waals surface area contributed by atoms with Gasteiger partial charge in [-0.3, -0.25) is 14.5 Å². The number of nitrogens with zero attached hydrogens (tertiary/aromatic N) is 3. The lowest BCUT2D eigenvalue weighted by molar-refractivity contribution is -0.117. The van der Waals surface area contributed by atoms with Crippen LogP contribution in [0.15, 0.2) is 53.8 Å². The molecule has 1 aliphatic heterocycles. The number of carbonyl (C=O) groups is 2. The Balaban J connectivity index is 1.71. The molecule has 0 bridgehead atoms. The normalized spacial score (nSPS) is 15.8. The van der Waals surface area contributed by atoms with Gasteiger partial charge in [-0.2, -0.15) is 0 Å². The molecule has 7 nitrogen and oxygen atoms in total. The summed E-state index contributed by atoms with van der Waals surface area (Å²) in [6.45, 7) is 8.06. The van der Waals surface area contributed by atoms with E-state index < -0.39 is 23.5 Å². The molecule has 1 aliphatic rings. The number of aliphatic hydroxyl groups is 1. The number of ether oxygens (including phenoxy) is 1. The number of para-hydroxylation sites is 1. The number of fused-ring (bicyclic) bond motifs is 1. The van der Waals surface area contributed by atoms with E-state index in [9.17, 15) is 14.7 Å². The number of carbonyl (C=O) groups excluding carboxylic acids is 2. The summed E-state index contributed by atoms with van der Waals surface area (Å²) in [6.07, 6.45) is 0.797. The van der Waals surface area contributed by atoms with Crippen molar-refractivity contribution in [1.29, 1.82) is 0 Å². The van der Waals surface area contributed by atoms with Crippen molar-refractivity contribution in [3.05, 3.63) is 80.5 Å². The predicted molar refractivity (Wildman–Crippen MR) is 142 cm³/mol. The van der Waals surface area contributed by atoms with Gasteiger partial charge in [0.25, 0.3) is 5.91 Å². The summed E-state index contributed by atoms with van der Waals surface area (Å²) < 4.78 is 6.93. The lowest BCUT2D eigenvalue weighted by Crippen LogP contribution is -2.31. The molecule has 0 saturated carbocycles. The van der Waals surface area contributed by atoms with Crippen LogP contribution in [0.5, 0.6) is 5.75 Å². The number of hydrogen-bond acceptors (Lipinski definition) is 8. The Labute approximate surface area is 216 Å². The van der Waals surface area contributed by atoms with Crippen molar-refractivity contribution in [3.63, 3.8) is 0 Å². The number of amides is 1. The molecular weight excluding hydrogens is 494 g/mol. The summed E-state index contributed by atoms with van der Waals surface area (Å²) in [5, 5.41) is 12.3. The van der Waals surface area contributed by atoms with Crippen molar-refractivity contribution in [3.8, 4) is 5.75 Å². The summed E-state index contributed by atoms with van der Waals surface area (Å²) in [7, 11) is 0. The topological polar surface area (TPSA) is 92.6 Å². The maximum atomic E-state index is 13.9. The molecule has 1 amide bonds. The zero-order chi connectivity index (χ0) is 25.6. The first-order valence-electron chi connectivity index (χ1n) is 11.6.